The van der Waals surface area contributed by atoms with Crippen LogP contribution in [-0.4, -0.2) is 21.5 Å². The van der Waals surface area contributed by atoms with Gasteiger partial charge in [0.2, 0.25) is 5.78 Å². The highest BCUT2D eigenvalue weighted by Gasteiger charge is 2.20. The van der Waals surface area contributed by atoms with Crippen LogP contribution in [0.5, 0.6) is 0 Å². The number of ketones is 1. The molecule has 0 aliphatic rings. The summed E-state index contributed by atoms with van der Waals surface area (Å²) in [7, 11) is 0. The van der Waals surface area contributed by atoms with E-state index in [0.29, 0.717) is 11.3 Å². The molecule has 0 aliphatic heterocycles. The molecular weight excluding hydrogens is 370 g/mol. The first kappa shape index (κ1) is 18.1. The number of carbonyl (C=O) groups excluding carboxylic acids is 2. The van der Waals surface area contributed by atoms with E-state index < -0.39 is 17.2 Å². The quantitative estimate of drug-likeness (QED) is 0.532. The Morgan fingerprint density at radius 3 is 2.24 bits per heavy atom. The zero-order chi connectivity index (χ0) is 20.2. The predicted octanol–water partition coefficient (Wildman–Crippen LogP) is 3.31. The summed E-state index contributed by atoms with van der Waals surface area (Å²) in [5, 5.41) is 6.76. The van der Waals surface area contributed by atoms with Crippen LogP contribution in [0.3, 0.4) is 0 Å². The van der Waals surface area contributed by atoms with Crippen LogP contribution < -0.4 is 10.9 Å². The molecule has 7 heteroatoms. The van der Waals surface area contributed by atoms with Gasteiger partial charge in [0.05, 0.1) is 12.0 Å². The van der Waals surface area contributed by atoms with Crippen LogP contribution in [0.25, 0.3) is 5.69 Å². The first-order chi connectivity index (χ1) is 14.1. The maximum Gasteiger partial charge on any atom is 0.295 e. The second-order valence-corrected chi connectivity index (χ2v) is 6.12. The summed E-state index contributed by atoms with van der Waals surface area (Å²) in [5.41, 5.74) is 0.187. The number of furan rings is 1. The van der Waals surface area contributed by atoms with E-state index in [2.05, 4.69) is 10.4 Å². The van der Waals surface area contributed by atoms with Crippen LogP contribution in [0, 0.1) is 0 Å². The largest absolute Gasteiger partial charge is 0.461 e. The molecule has 0 atom stereocenters. The van der Waals surface area contributed by atoms with E-state index in [1.165, 1.54) is 18.4 Å². The molecule has 0 bridgehead atoms. The highest BCUT2D eigenvalue weighted by molar-refractivity contribution is 6.07. The number of hydrogen-bond acceptors (Lipinski definition) is 5. The first-order valence-electron chi connectivity index (χ1n) is 8.78. The molecule has 0 saturated carbocycles. The van der Waals surface area contributed by atoms with E-state index >= 15 is 0 Å². The standard InChI is InChI=1S/C22H15N3O4/c26-20(19-12-7-13-29-19)17-14-18(23-21(27)15-8-3-1-4-9-15)22(28)25(24-17)16-10-5-2-6-11-16/h1-14H,(H,23,27). The third kappa shape index (κ3) is 3.74. The lowest BCUT2D eigenvalue weighted by Gasteiger charge is -2.11. The molecule has 0 spiro atoms. The maximum atomic E-state index is 12.9. The summed E-state index contributed by atoms with van der Waals surface area (Å²) < 4.78 is 6.23. The van der Waals surface area contributed by atoms with Crippen molar-refractivity contribution in [3.05, 3.63) is 112 Å². The number of benzene rings is 2. The second kappa shape index (κ2) is 7.77. The van der Waals surface area contributed by atoms with Gasteiger partial charge in [-0.3, -0.25) is 14.4 Å². The van der Waals surface area contributed by atoms with Crippen molar-refractivity contribution in [3.63, 3.8) is 0 Å². The van der Waals surface area contributed by atoms with Crippen LogP contribution in [-0.2, 0) is 0 Å². The Kier molecular flexibility index (Phi) is 4.86. The zero-order valence-corrected chi connectivity index (χ0v) is 15.1. The van der Waals surface area contributed by atoms with Gasteiger partial charge in [-0.15, -0.1) is 0 Å². The van der Waals surface area contributed by atoms with Gasteiger partial charge in [-0.1, -0.05) is 36.4 Å². The van der Waals surface area contributed by atoms with Crippen molar-refractivity contribution in [1.82, 2.24) is 9.78 Å². The van der Waals surface area contributed by atoms with E-state index in [0.717, 1.165) is 4.68 Å². The molecule has 2 heterocycles. The van der Waals surface area contributed by atoms with Gasteiger partial charge in [-0.25, -0.2) is 0 Å². The number of rotatable bonds is 5. The Bertz CT molecular complexity index is 1210. The van der Waals surface area contributed by atoms with Crippen molar-refractivity contribution in [1.29, 1.82) is 0 Å². The number of anilines is 1. The fraction of sp³-hybridized carbons (Fsp3) is 0. The molecule has 4 rings (SSSR count). The van der Waals surface area contributed by atoms with Crippen molar-refractivity contribution in [2.75, 3.05) is 5.32 Å². The lowest BCUT2D eigenvalue weighted by molar-refractivity contribution is 0.0998. The van der Waals surface area contributed by atoms with E-state index in [1.54, 1.807) is 66.7 Å². The average Bonchev–Trinajstić information content (AvgIpc) is 3.31. The number of carbonyl (C=O) groups is 2. The first-order valence-corrected chi connectivity index (χ1v) is 8.78. The minimum absolute atomic E-state index is 0.0354. The monoisotopic (exact) mass is 385 g/mol. The third-order valence-electron chi connectivity index (χ3n) is 4.17. The number of para-hydroxylation sites is 1. The molecular formula is C22H15N3O4. The number of amides is 1. The summed E-state index contributed by atoms with van der Waals surface area (Å²) in [4.78, 5) is 38.2. The molecule has 0 saturated heterocycles. The SMILES string of the molecule is O=C(Nc1cc(C(=O)c2ccco2)nn(-c2ccccc2)c1=O)c1ccccc1. The molecule has 0 aliphatic carbocycles. The number of aromatic nitrogens is 2. The van der Waals surface area contributed by atoms with Crippen molar-refractivity contribution in [3.8, 4) is 5.69 Å². The van der Waals surface area contributed by atoms with Gasteiger partial charge in [-0.05, 0) is 42.5 Å². The topological polar surface area (TPSA) is 94.2 Å². The molecule has 142 valence electrons. The van der Waals surface area contributed by atoms with Crippen molar-refractivity contribution in [2.24, 2.45) is 0 Å². The maximum absolute atomic E-state index is 12.9. The summed E-state index contributed by atoms with van der Waals surface area (Å²) >= 11 is 0. The summed E-state index contributed by atoms with van der Waals surface area (Å²) in [6.07, 6.45) is 1.37. The molecule has 7 nitrogen and oxygen atoms in total. The normalized spacial score (nSPS) is 10.5. The highest BCUT2D eigenvalue weighted by Crippen LogP contribution is 2.14. The molecule has 0 fully saturated rings. The Morgan fingerprint density at radius 1 is 0.897 bits per heavy atom. The van der Waals surface area contributed by atoms with E-state index in [4.69, 9.17) is 4.42 Å². The van der Waals surface area contributed by atoms with Crippen molar-refractivity contribution < 1.29 is 14.0 Å². The molecule has 1 amide bonds. The molecule has 4 aromatic rings. The minimum atomic E-state index is -0.559. The predicted molar refractivity (Wildman–Crippen MR) is 106 cm³/mol. The Hall–Kier alpha value is -4.26. The summed E-state index contributed by atoms with van der Waals surface area (Å²) in [5.74, 6) is -0.893. The summed E-state index contributed by atoms with van der Waals surface area (Å²) in [6, 6.07) is 21.5. The van der Waals surface area contributed by atoms with E-state index in [1.807, 2.05) is 0 Å². The van der Waals surface area contributed by atoms with E-state index in [9.17, 15) is 14.4 Å². The van der Waals surface area contributed by atoms with Crippen LogP contribution in [0.1, 0.15) is 26.6 Å². The fourth-order valence-corrected chi connectivity index (χ4v) is 2.76. The van der Waals surface area contributed by atoms with Crippen molar-refractivity contribution >= 4 is 17.4 Å². The van der Waals surface area contributed by atoms with Crippen LogP contribution in [0.4, 0.5) is 5.69 Å². The number of nitrogens with zero attached hydrogens (tertiary/aromatic N) is 2. The van der Waals surface area contributed by atoms with Crippen LogP contribution in [0.15, 0.2) is 94.3 Å². The van der Waals surface area contributed by atoms with Gasteiger partial charge in [0.1, 0.15) is 11.4 Å². The second-order valence-electron chi connectivity index (χ2n) is 6.12. The van der Waals surface area contributed by atoms with Crippen molar-refractivity contribution in [2.45, 2.75) is 0 Å². The molecule has 1 N–H and O–H groups in total. The number of hydrogen-bond donors (Lipinski definition) is 1. The van der Waals surface area contributed by atoms with Gasteiger partial charge in [0.15, 0.2) is 5.76 Å². The lowest BCUT2D eigenvalue weighted by atomic mass is 10.2. The molecule has 0 radical (unpaired) electrons. The van der Waals surface area contributed by atoms with Gasteiger partial charge in [0.25, 0.3) is 11.5 Å². The van der Waals surface area contributed by atoms with E-state index in [-0.39, 0.29) is 17.1 Å². The highest BCUT2D eigenvalue weighted by atomic mass is 16.3. The van der Waals surface area contributed by atoms with Crippen LogP contribution >= 0.6 is 0 Å². The smallest absolute Gasteiger partial charge is 0.295 e. The molecule has 2 aromatic carbocycles. The van der Waals surface area contributed by atoms with Gasteiger partial charge in [0, 0.05) is 5.56 Å². The molecule has 0 unspecified atom stereocenters. The molecule has 2 aromatic heterocycles. The lowest BCUT2D eigenvalue weighted by Crippen LogP contribution is -2.28. The number of nitrogens with one attached hydrogen (secondary N) is 1. The zero-order valence-electron chi connectivity index (χ0n) is 15.1. The van der Waals surface area contributed by atoms with Crippen LogP contribution in [0.2, 0.25) is 0 Å². The fourth-order valence-electron chi connectivity index (χ4n) is 2.76. The Labute approximate surface area is 165 Å². The third-order valence-corrected chi connectivity index (χ3v) is 4.17. The van der Waals surface area contributed by atoms with Gasteiger partial charge in [-0.2, -0.15) is 9.78 Å². The summed E-state index contributed by atoms with van der Waals surface area (Å²) in [6.45, 7) is 0. The Morgan fingerprint density at radius 2 is 1.59 bits per heavy atom. The van der Waals surface area contributed by atoms with Gasteiger partial charge < -0.3 is 9.73 Å². The minimum Gasteiger partial charge on any atom is -0.461 e. The average molecular weight is 385 g/mol. The Balaban J connectivity index is 1.81. The van der Waals surface area contributed by atoms with Gasteiger partial charge >= 0.3 is 0 Å². The molecule has 29 heavy (non-hydrogen) atoms.